The number of methoxy groups -OCH3 is 1. The molecule has 9 heteroatoms. The van der Waals surface area contributed by atoms with Gasteiger partial charge < -0.3 is 25.0 Å². The molecule has 1 fully saturated rings. The number of rotatable bonds is 5. The zero-order valence-corrected chi connectivity index (χ0v) is 15.8. The van der Waals surface area contributed by atoms with Crippen molar-refractivity contribution in [3.8, 4) is 6.01 Å². The Morgan fingerprint density at radius 1 is 1.15 bits per heavy atom. The van der Waals surface area contributed by atoms with Crippen LogP contribution in [0.25, 0.3) is 0 Å². The van der Waals surface area contributed by atoms with Gasteiger partial charge in [0, 0.05) is 18.8 Å². The fourth-order valence-corrected chi connectivity index (χ4v) is 2.84. The predicted octanol–water partition coefficient (Wildman–Crippen LogP) is 1.66. The van der Waals surface area contributed by atoms with E-state index in [0.717, 1.165) is 16.8 Å². The van der Waals surface area contributed by atoms with Crippen molar-refractivity contribution in [3.63, 3.8) is 0 Å². The van der Waals surface area contributed by atoms with Crippen LogP contribution in [-0.4, -0.2) is 54.4 Å². The van der Waals surface area contributed by atoms with E-state index in [1.807, 2.05) is 36.9 Å². The van der Waals surface area contributed by atoms with Crippen LogP contribution in [0.3, 0.4) is 0 Å². The minimum absolute atomic E-state index is 0.160. The first kappa shape index (κ1) is 18.8. The van der Waals surface area contributed by atoms with Crippen LogP contribution in [0.4, 0.5) is 16.4 Å². The molecule has 144 valence electrons. The van der Waals surface area contributed by atoms with Crippen LogP contribution in [0.5, 0.6) is 6.01 Å². The molecule has 1 aliphatic rings. The minimum atomic E-state index is -0.327. The zero-order chi connectivity index (χ0) is 19.2. The minimum Gasteiger partial charge on any atom is -0.467 e. The molecule has 0 spiro atoms. The van der Waals surface area contributed by atoms with E-state index < -0.39 is 0 Å². The predicted molar refractivity (Wildman–Crippen MR) is 101 cm³/mol. The van der Waals surface area contributed by atoms with Gasteiger partial charge in [-0.15, -0.1) is 0 Å². The van der Waals surface area contributed by atoms with Gasteiger partial charge in [0.1, 0.15) is 0 Å². The number of nitrogens with zero attached hydrogens (tertiary/aromatic N) is 4. The molecule has 0 atom stereocenters. The number of benzene rings is 1. The van der Waals surface area contributed by atoms with Crippen molar-refractivity contribution in [3.05, 3.63) is 35.2 Å². The van der Waals surface area contributed by atoms with Gasteiger partial charge >= 0.3 is 12.0 Å². The van der Waals surface area contributed by atoms with E-state index >= 15 is 0 Å². The van der Waals surface area contributed by atoms with E-state index in [1.165, 1.54) is 7.11 Å². The molecule has 0 aliphatic carbocycles. The highest BCUT2D eigenvalue weighted by Gasteiger charge is 2.17. The standard InChI is InChI=1S/C18H24N6O3/c1-12-8-13(2)10-14(9-12)20-17(25)19-11-15-21-16(23-18(22-15)26-3)24-4-6-27-7-5-24/h8-10H,4-7,11H2,1-3H3,(H2,19,20,25). The molecular weight excluding hydrogens is 348 g/mol. The molecule has 0 unspecified atom stereocenters. The van der Waals surface area contributed by atoms with Gasteiger partial charge in [-0.25, -0.2) is 4.79 Å². The average Bonchev–Trinajstić information content (AvgIpc) is 2.66. The Bertz CT molecular complexity index is 787. The Balaban J connectivity index is 1.64. The molecule has 1 aliphatic heterocycles. The van der Waals surface area contributed by atoms with E-state index in [4.69, 9.17) is 9.47 Å². The van der Waals surface area contributed by atoms with Gasteiger partial charge in [-0.05, 0) is 37.1 Å². The number of ether oxygens (including phenoxy) is 2. The van der Waals surface area contributed by atoms with Crippen LogP contribution < -0.4 is 20.3 Å². The summed E-state index contributed by atoms with van der Waals surface area (Å²) < 4.78 is 10.5. The first-order chi connectivity index (χ1) is 13.0. The molecule has 0 bridgehead atoms. The largest absolute Gasteiger partial charge is 0.467 e. The quantitative estimate of drug-likeness (QED) is 0.823. The smallest absolute Gasteiger partial charge is 0.321 e. The van der Waals surface area contributed by atoms with Gasteiger partial charge in [-0.2, -0.15) is 15.0 Å². The molecule has 2 amide bonds. The number of carbonyl (C=O) groups is 1. The van der Waals surface area contributed by atoms with Crippen LogP contribution >= 0.6 is 0 Å². The third-order valence-corrected chi connectivity index (χ3v) is 4.01. The summed E-state index contributed by atoms with van der Waals surface area (Å²) in [5.41, 5.74) is 2.91. The van der Waals surface area contributed by atoms with Crippen LogP contribution in [0.15, 0.2) is 18.2 Å². The first-order valence-corrected chi connectivity index (χ1v) is 8.78. The summed E-state index contributed by atoms with van der Waals surface area (Å²) in [6.07, 6.45) is 0. The molecule has 9 nitrogen and oxygen atoms in total. The topological polar surface area (TPSA) is 102 Å². The maximum Gasteiger partial charge on any atom is 0.321 e. The van der Waals surface area contributed by atoms with E-state index in [0.29, 0.717) is 38.1 Å². The van der Waals surface area contributed by atoms with Crippen molar-refractivity contribution in [2.75, 3.05) is 43.6 Å². The number of morpholine rings is 1. The lowest BCUT2D eigenvalue weighted by molar-refractivity contribution is 0.122. The fraction of sp³-hybridized carbons (Fsp3) is 0.444. The van der Waals surface area contributed by atoms with Gasteiger partial charge in [-0.1, -0.05) is 6.07 Å². The molecule has 3 rings (SSSR count). The number of amides is 2. The van der Waals surface area contributed by atoms with Crippen molar-refractivity contribution in [1.29, 1.82) is 0 Å². The van der Waals surface area contributed by atoms with E-state index in [9.17, 15) is 4.79 Å². The Morgan fingerprint density at radius 3 is 2.52 bits per heavy atom. The summed E-state index contributed by atoms with van der Waals surface area (Å²) in [7, 11) is 1.50. The molecule has 1 aromatic carbocycles. The van der Waals surface area contributed by atoms with Crippen LogP contribution in [0, 0.1) is 13.8 Å². The Kier molecular flexibility index (Phi) is 6.02. The maximum atomic E-state index is 12.2. The number of aromatic nitrogens is 3. The van der Waals surface area contributed by atoms with Gasteiger partial charge in [-0.3, -0.25) is 0 Å². The molecule has 1 aromatic heterocycles. The molecule has 2 N–H and O–H groups in total. The van der Waals surface area contributed by atoms with Crippen molar-refractivity contribution in [1.82, 2.24) is 20.3 Å². The lowest BCUT2D eigenvalue weighted by atomic mass is 10.1. The summed E-state index contributed by atoms with van der Waals surface area (Å²) in [6, 6.07) is 5.77. The van der Waals surface area contributed by atoms with Gasteiger partial charge in [0.2, 0.25) is 5.95 Å². The Labute approximate surface area is 158 Å². The summed E-state index contributed by atoms with van der Waals surface area (Å²) in [4.78, 5) is 27.1. The number of hydrogen-bond donors (Lipinski definition) is 2. The molecule has 2 aromatic rings. The summed E-state index contributed by atoms with van der Waals surface area (Å²) >= 11 is 0. The van der Waals surface area contributed by atoms with Crippen molar-refractivity contribution >= 4 is 17.7 Å². The number of carbonyl (C=O) groups excluding carboxylic acids is 1. The maximum absolute atomic E-state index is 12.2. The number of hydrogen-bond acceptors (Lipinski definition) is 7. The number of anilines is 2. The third kappa shape index (κ3) is 5.27. The molecule has 0 radical (unpaired) electrons. The summed E-state index contributed by atoms with van der Waals surface area (Å²) in [5.74, 6) is 0.954. The second-order valence-electron chi connectivity index (χ2n) is 6.32. The highest BCUT2D eigenvalue weighted by atomic mass is 16.5. The molecule has 27 heavy (non-hydrogen) atoms. The van der Waals surface area contributed by atoms with E-state index in [2.05, 4.69) is 25.6 Å². The monoisotopic (exact) mass is 372 g/mol. The lowest BCUT2D eigenvalue weighted by Gasteiger charge is -2.26. The van der Waals surface area contributed by atoms with Crippen LogP contribution in [-0.2, 0) is 11.3 Å². The highest BCUT2D eigenvalue weighted by Crippen LogP contribution is 2.15. The average molecular weight is 372 g/mol. The van der Waals surface area contributed by atoms with Crippen LogP contribution in [0.1, 0.15) is 17.0 Å². The van der Waals surface area contributed by atoms with Gasteiger partial charge in [0.05, 0.1) is 26.9 Å². The van der Waals surface area contributed by atoms with Crippen molar-refractivity contribution in [2.45, 2.75) is 20.4 Å². The second-order valence-corrected chi connectivity index (χ2v) is 6.32. The number of aryl methyl sites for hydroxylation is 2. The highest BCUT2D eigenvalue weighted by molar-refractivity contribution is 5.89. The van der Waals surface area contributed by atoms with Gasteiger partial charge in [0.25, 0.3) is 0 Å². The molecule has 0 saturated carbocycles. The van der Waals surface area contributed by atoms with E-state index in [-0.39, 0.29) is 18.6 Å². The normalized spacial score (nSPS) is 14.0. The zero-order valence-electron chi connectivity index (χ0n) is 15.8. The summed E-state index contributed by atoms with van der Waals surface area (Å²) in [6.45, 7) is 6.79. The van der Waals surface area contributed by atoms with Crippen molar-refractivity contribution < 1.29 is 14.3 Å². The second kappa shape index (κ2) is 8.63. The van der Waals surface area contributed by atoms with Crippen molar-refractivity contribution in [2.24, 2.45) is 0 Å². The SMILES string of the molecule is COc1nc(CNC(=O)Nc2cc(C)cc(C)c2)nc(N2CCOCC2)n1. The van der Waals surface area contributed by atoms with Crippen LogP contribution in [0.2, 0.25) is 0 Å². The fourth-order valence-electron chi connectivity index (χ4n) is 2.84. The van der Waals surface area contributed by atoms with E-state index in [1.54, 1.807) is 0 Å². The molecular formula is C18H24N6O3. The molecule has 2 heterocycles. The van der Waals surface area contributed by atoms with Gasteiger partial charge in [0.15, 0.2) is 5.82 Å². The Morgan fingerprint density at radius 2 is 1.85 bits per heavy atom. The number of urea groups is 1. The number of nitrogens with one attached hydrogen (secondary N) is 2. The Hall–Kier alpha value is -2.94. The third-order valence-electron chi connectivity index (χ3n) is 4.01. The summed E-state index contributed by atoms with van der Waals surface area (Å²) in [5, 5.41) is 5.59. The first-order valence-electron chi connectivity index (χ1n) is 8.78. The lowest BCUT2D eigenvalue weighted by Crippen LogP contribution is -2.38. The molecule has 1 saturated heterocycles.